The molecule has 2 rings (SSSR count). The molecule has 0 aliphatic heterocycles. The van der Waals surface area contributed by atoms with Crippen molar-refractivity contribution in [2.24, 2.45) is 4.99 Å². The van der Waals surface area contributed by atoms with Gasteiger partial charge in [-0.15, -0.1) is 0 Å². The van der Waals surface area contributed by atoms with Crippen LogP contribution < -0.4 is 15.4 Å². The predicted molar refractivity (Wildman–Crippen MR) is 111 cm³/mol. The Morgan fingerprint density at radius 3 is 2.63 bits per heavy atom. The van der Waals surface area contributed by atoms with Crippen molar-refractivity contribution in [3.05, 3.63) is 54.0 Å². The lowest BCUT2D eigenvalue weighted by Gasteiger charge is -2.23. The van der Waals surface area contributed by atoms with Crippen LogP contribution in [-0.4, -0.2) is 35.0 Å². The fourth-order valence-electron chi connectivity index (χ4n) is 2.11. The van der Waals surface area contributed by atoms with Crippen molar-refractivity contribution >= 4 is 17.7 Å². The second-order valence-electron chi connectivity index (χ2n) is 6.57. The highest BCUT2D eigenvalue weighted by atomic mass is 32.2. The van der Waals surface area contributed by atoms with E-state index >= 15 is 0 Å². The van der Waals surface area contributed by atoms with Gasteiger partial charge in [0.2, 0.25) is 5.88 Å². The number of ether oxygens (including phenoxy) is 1. The Labute approximate surface area is 164 Å². The molecule has 0 saturated heterocycles. The van der Waals surface area contributed by atoms with E-state index in [4.69, 9.17) is 4.74 Å². The van der Waals surface area contributed by atoms with Crippen LogP contribution in [-0.2, 0) is 6.54 Å². The molecule has 0 radical (unpaired) electrons. The molecule has 0 atom stereocenters. The van der Waals surface area contributed by atoms with Crippen molar-refractivity contribution in [2.75, 3.05) is 19.3 Å². The second-order valence-corrected chi connectivity index (χ2v) is 8.08. The van der Waals surface area contributed by atoms with Gasteiger partial charge in [0.15, 0.2) is 5.96 Å². The first-order valence-electron chi connectivity index (χ1n) is 8.87. The molecular weight excluding hydrogens is 363 g/mol. The molecule has 2 N–H and O–H groups in total. The quantitative estimate of drug-likeness (QED) is 0.522. The van der Waals surface area contributed by atoms with Gasteiger partial charge in [-0.3, -0.25) is 0 Å². The highest BCUT2D eigenvalue weighted by molar-refractivity contribution is 7.99. The summed E-state index contributed by atoms with van der Waals surface area (Å²) in [4.78, 5) is 8.83. The Hall–Kier alpha value is -2.28. The number of thioether (sulfide) groups is 1. The van der Waals surface area contributed by atoms with Crippen LogP contribution in [0.2, 0.25) is 0 Å². The zero-order valence-corrected chi connectivity index (χ0v) is 17.1. The Kier molecular flexibility index (Phi) is 7.91. The number of aromatic nitrogens is 1. The van der Waals surface area contributed by atoms with Crippen LogP contribution in [0, 0.1) is 5.82 Å². The van der Waals surface area contributed by atoms with E-state index in [0.29, 0.717) is 18.2 Å². The summed E-state index contributed by atoms with van der Waals surface area (Å²) in [6.45, 7) is 8.53. The molecule has 0 spiro atoms. The molecular formula is C20H27FN4OS. The third-order valence-electron chi connectivity index (χ3n) is 3.83. The Balaban J connectivity index is 2.01. The molecule has 1 heterocycles. The summed E-state index contributed by atoms with van der Waals surface area (Å²) in [5.41, 5.74) is 0.975. The van der Waals surface area contributed by atoms with Crippen molar-refractivity contribution in [1.29, 1.82) is 0 Å². The van der Waals surface area contributed by atoms with Crippen LogP contribution in [0.25, 0.3) is 0 Å². The number of aliphatic imine (C=N–C) groups is 1. The number of guanidine groups is 1. The topological polar surface area (TPSA) is 58.5 Å². The number of benzene rings is 1. The Morgan fingerprint density at radius 2 is 1.96 bits per heavy atom. The van der Waals surface area contributed by atoms with Gasteiger partial charge < -0.3 is 15.4 Å². The van der Waals surface area contributed by atoms with Crippen LogP contribution in [0.4, 0.5) is 4.39 Å². The molecule has 5 nitrogen and oxygen atoms in total. The van der Waals surface area contributed by atoms with E-state index in [1.807, 2.05) is 30.8 Å². The maximum absolute atomic E-state index is 13.0. The molecule has 1 aromatic heterocycles. The first-order valence-corrected chi connectivity index (χ1v) is 10.1. The van der Waals surface area contributed by atoms with Gasteiger partial charge in [-0.2, -0.15) is 11.8 Å². The van der Waals surface area contributed by atoms with Gasteiger partial charge in [0.25, 0.3) is 0 Å². The number of hydrogen-bond donors (Lipinski definition) is 2. The van der Waals surface area contributed by atoms with Crippen molar-refractivity contribution in [3.63, 3.8) is 0 Å². The highest BCUT2D eigenvalue weighted by Gasteiger charge is 2.16. The van der Waals surface area contributed by atoms with E-state index in [9.17, 15) is 4.39 Å². The van der Waals surface area contributed by atoms with Crippen molar-refractivity contribution in [3.8, 4) is 11.6 Å². The van der Waals surface area contributed by atoms with Crippen molar-refractivity contribution < 1.29 is 9.13 Å². The number of hydrogen-bond acceptors (Lipinski definition) is 4. The maximum atomic E-state index is 13.0. The first-order chi connectivity index (χ1) is 12.9. The summed E-state index contributed by atoms with van der Waals surface area (Å²) in [5, 5.41) is 6.63. The summed E-state index contributed by atoms with van der Waals surface area (Å²) in [7, 11) is 0. The smallest absolute Gasteiger partial charge is 0.219 e. The number of pyridine rings is 1. The monoisotopic (exact) mass is 390 g/mol. The van der Waals surface area contributed by atoms with Crippen LogP contribution in [0.1, 0.15) is 26.3 Å². The number of nitrogens with one attached hydrogen (secondary N) is 2. The SMILES string of the molecule is CCNC(=NCc1ccnc(Oc2ccc(F)cc2)c1)NCC(C)(C)SC. The number of rotatable bonds is 8. The molecule has 0 unspecified atom stereocenters. The molecule has 0 bridgehead atoms. The molecule has 146 valence electrons. The summed E-state index contributed by atoms with van der Waals surface area (Å²) < 4.78 is 18.8. The number of nitrogens with zero attached hydrogens (tertiary/aromatic N) is 2. The summed E-state index contributed by atoms with van der Waals surface area (Å²) in [6, 6.07) is 9.59. The average Bonchev–Trinajstić information content (AvgIpc) is 2.66. The Morgan fingerprint density at radius 1 is 1.22 bits per heavy atom. The molecule has 2 aromatic rings. The largest absolute Gasteiger partial charge is 0.439 e. The summed E-state index contributed by atoms with van der Waals surface area (Å²) in [6.07, 6.45) is 3.78. The van der Waals surface area contributed by atoms with Crippen LogP contribution in [0.5, 0.6) is 11.6 Å². The van der Waals surface area contributed by atoms with E-state index in [0.717, 1.165) is 24.6 Å². The molecule has 27 heavy (non-hydrogen) atoms. The minimum absolute atomic E-state index is 0.128. The van der Waals surface area contributed by atoms with E-state index in [1.165, 1.54) is 12.1 Å². The van der Waals surface area contributed by atoms with Gasteiger partial charge >= 0.3 is 0 Å². The zero-order chi connectivity index (χ0) is 19.7. The van der Waals surface area contributed by atoms with E-state index in [2.05, 4.69) is 40.7 Å². The summed E-state index contributed by atoms with van der Waals surface area (Å²) >= 11 is 1.81. The molecule has 0 aliphatic rings. The molecule has 0 saturated carbocycles. The second kappa shape index (κ2) is 10.2. The van der Waals surface area contributed by atoms with Crippen molar-refractivity contribution in [2.45, 2.75) is 32.1 Å². The van der Waals surface area contributed by atoms with Crippen LogP contribution in [0.15, 0.2) is 47.6 Å². The minimum atomic E-state index is -0.300. The van der Waals surface area contributed by atoms with Gasteiger partial charge in [0, 0.05) is 30.1 Å². The lowest BCUT2D eigenvalue weighted by atomic mass is 10.2. The first kappa shape index (κ1) is 21.0. The van der Waals surface area contributed by atoms with E-state index < -0.39 is 0 Å². The van der Waals surface area contributed by atoms with Crippen LogP contribution >= 0.6 is 11.8 Å². The minimum Gasteiger partial charge on any atom is -0.439 e. The van der Waals surface area contributed by atoms with Gasteiger partial charge in [-0.05, 0) is 62.9 Å². The fraction of sp³-hybridized carbons (Fsp3) is 0.400. The third-order valence-corrected chi connectivity index (χ3v) is 5.08. The van der Waals surface area contributed by atoms with E-state index in [1.54, 1.807) is 18.3 Å². The lowest BCUT2D eigenvalue weighted by molar-refractivity contribution is 0.460. The molecule has 0 aliphatic carbocycles. The Bertz CT molecular complexity index is 750. The normalized spacial score (nSPS) is 12.0. The van der Waals surface area contributed by atoms with Gasteiger partial charge in [0.05, 0.1) is 6.54 Å². The fourth-order valence-corrected chi connectivity index (χ4v) is 2.33. The highest BCUT2D eigenvalue weighted by Crippen LogP contribution is 2.21. The standard InChI is InChI=1S/C20H27FN4OS/c1-5-22-19(25-14-20(2,3)27-4)24-13-15-10-11-23-18(12-15)26-17-8-6-16(21)7-9-17/h6-12H,5,13-14H2,1-4H3,(H2,22,24,25). The van der Waals surface area contributed by atoms with Gasteiger partial charge in [0.1, 0.15) is 11.6 Å². The predicted octanol–water partition coefficient (Wildman–Crippen LogP) is 4.21. The zero-order valence-electron chi connectivity index (χ0n) is 16.3. The maximum Gasteiger partial charge on any atom is 0.219 e. The average molecular weight is 391 g/mol. The van der Waals surface area contributed by atoms with Crippen LogP contribution in [0.3, 0.4) is 0 Å². The number of halogens is 1. The van der Waals surface area contributed by atoms with E-state index in [-0.39, 0.29) is 10.6 Å². The molecule has 1 aromatic carbocycles. The summed E-state index contributed by atoms with van der Waals surface area (Å²) in [5.74, 6) is 1.47. The molecule has 0 amide bonds. The van der Waals surface area contributed by atoms with Gasteiger partial charge in [-0.1, -0.05) is 0 Å². The molecule has 0 fully saturated rings. The lowest BCUT2D eigenvalue weighted by Crippen LogP contribution is -2.43. The van der Waals surface area contributed by atoms with Gasteiger partial charge in [-0.25, -0.2) is 14.4 Å². The molecule has 7 heteroatoms. The van der Waals surface area contributed by atoms with Crippen molar-refractivity contribution in [1.82, 2.24) is 15.6 Å². The third kappa shape index (κ3) is 7.46.